The van der Waals surface area contributed by atoms with E-state index in [0.717, 1.165) is 0 Å². The molecule has 1 aromatic rings. The number of rotatable bonds is 3. The molecule has 76 valence electrons. The standard InChI is InChI=1S/C11H16N2O/c1-8(2)9-4-6-10(7-5-9)11(14)13-12-3/h4-8,12H,1-3H3,(H,13,14). The third-order valence-electron chi connectivity index (χ3n) is 2.08. The molecule has 0 bridgehead atoms. The molecule has 0 heterocycles. The van der Waals surface area contributed by atoms with Gasteiger partial charge in [0.1, 0.15) is 0 Å². The van der Waals surface area contributed by atoms with Crippen molar-refractivity contribution in [3.8, 4) is 0 Å². The highest BCUT2D eigenvalue weighted by Gasteiger charge is 2.04. The van der Waals surface area contributed by atoms with Crippen molar-refractivity contribution in [2.24, 2.45) is 0 Å². The molecule has 3 heteroatoms. The quantitative estimate of drug-likeness (QED) is 0.715. The van der Waals surface area contributed by atoms with Gasteiger partial charge < -0.3 is 0 Å². The van der Waals surface area contributed by atoms with Gasteiger partial charge in [-0.15, -0.1) is 0 Å². The third-order valence-corrected chi connectivity index (χ3v) is 2.08. The van der Waals surface area contributed by atoms with Crippen LogP contribution in [0.25, 0.3) is 0 Å². The van der Waals surface area contributed by atoms with E-state index in [0.29, 0.717) is 11.5 Å². The van der Waals surface area contributed by atoms with Crippen molar-refractivity contribution in [3.05, 3.63) is 35.4 Å². The van der Waals surface area contributed by atoms with Crippen molar-refractivity contribution < 1.29 is 4.79 Å². The Morgan fingerprint density at radius 2 is 1.79 bits per heavy atom. The summed E-state index contributed by atoms with van der Waals surface area (Å²) < 4.78 is 0. The van der Waals surface area contributed by atoms with Crippen LogP contribution >= 0.6 is 0 Å². The molecule has 3 nitrogen and oxygen atoms in total. The molecule has 0 spiro atoms. The Bertz CT molecular complexity index is 304. The van der Waals surface area contributed by atoms with E-state index in [1.165, 1.54) is 5.56 Å². The summed E-state index contributed by atoms with van der Waals surface area (Å²) >= 11 is 0. The summed E-state index contributed by atoms with van der Waals surface area (Å²) in [4.78, 5) is 11.4. The fraction of sp³-hybridized carbons (Fsp3) is 0.364. The van der Waals surface area contributed by atoms with Crippen LogP contribution < -0.4 is 10.9 Å². The molecule has 0 radical (unpaired) electrons. The van der Waals surface area contributed by atoms with Gasteiger partial charge in [0.15, 0.2) is 0 Å². The molecule has 0 fully saturated rings. The normalized spacial score (nSPS) is 10.3. The Morgan fingerprint density at radius 1 is 1.21 bits per heavy atom. The summed E-state index contributed by atoms with van der Waals surface area (Å²) in [6, 6.07) is 7.63. The van der Waals surface area contributed by atoms with Crippen LogP contribution in [0.2, 0.25) is 0 Å². The molecule has 1 amide bonds. The highest BCUT2D eigenvalue weighted by molar-refractivity contribution is 5.93. The molecular formula is C11H16N2O. The number of amides is 1. The van der Waals surface area contributed by atoms with Crippen LogP contribution in [0, 0.1) is 0 Å². The number of hydrogen-bond donors (Lipinski definition) is 2. The van der Waals surface area contributed by atoms with Crippen molar-refractivity contribution in [3.63, 3.8) is 0 Å². The van der Waals surface area contributed by atoms with E-state index in [4.69, 9.17) is 0 Å². The average Bonchev–Trinajstić information content (AvgIpc) is 2.18. The van der Waals surface area contributed by atoms with Crippen LogP contribution in [0.15, 0.2) is 24.3 Å². The number of hydrazine groups is 1. The van der Waals surface area contributed by atoms with Gasteiger partial charge in [-0.25, -0.2) is 5.43 Å². The number of nitrogens with one attached hydrogen (secondary N) is 2. The van der Waals surface area contributed by atoms with Crippen molar-refractivity contribution in [1.82, 2.24) is 10.9 Å². The average molecular weight is 192 g/mol. The molecule has 14 heavy (non-hydrogen) atoms. The summed E-state index contributed by atoms with van der Waals surface area (Å²) in [6.07, 6.45) is 0. The first kappa shape index (κ1) is 10.7. The van der Waals surface area contributed by atoms with E-state index in [9.17, 15) is 4.79 Å². The van der Waals surface area contributed by atoms with Gasteiger partial charge in [-0.3, -0.25) is 10.2 Å². The fourth-order valence-electron chi connectivity index (χ4n) is 1.21. The lowest BCUT2D eigenvalue weighted by Crippen LogP contribution is -2.34. The van der Waals surface area contributed by atoms with Crippen molar-refractivity contribution >= 4 is 5.91 Å². The smallest absolute Gasteiger partial charge is 0.265 e. The largest absolute Gasteiger partial charge is 0.288 e. The first-order valence-corrected chi connectivity index (χ1v) is 4.72. The topological polar surface area (TPSA) is 41.1 Å². The maximum atomic E-state index is 11.4. The zero-order chi connectivity index (χ0) is 10.6. The van der Waals surface area contributed by atoms with Crippen LogP contribution in [0.5, 0.6) is 0 Å². The monoisotopic (exact) mass is 192 g/mol. The Kier molecular flexibility index (Phi) is 3.65. The molecule has 0 aliphatic rings. The molecule has 0 unspecified atom stereocenters. The number of benzene rings is 1. The Morgan fingerprint density at radius 3 is 2.21 bits per heavy atom. The van der Waals surface area contributed by atoms with Gasteiger partial charge in [-0.1, -0.05) is 26.0 Å². The lowest BCUT2D eigenvalue weighted by atomic mass is 10.0. The van der Waals surface area contributed by atoms with Crippen LogP contribution in [-0.4, -0.2) is 13.0 Å². The van der Waals surface area contributed by atoms with Gasteiger partial charge in [0.05, 0.1) is 0 Å². The maximum absolute atomic E-state index is 11.4. The maximum Gasteiger partial charge on any atom is 0.265 e. The minimum absolute atomic E-state index is 0.109. The van der Waals surface area contributed by atoms with Crippen molar-refractivity contribution in [2.75, 3.05) is 7.05 Å². The first-order valence-electron chi connectivity index (χ1n) is 4.72. The van der Waals surface area contributed by atoms with Crippen molar-refractivity contribution in [1.29, 1.82) is 0 Å². The Balaban J connectivity index is 2.78. The summed E-state index contributed by atoms with van der Waals surface area (Å²) in [5.41, 5.74) is 7.04. The second-order valence-corrected chi connectivity index (χ2v) is 3.48. The van der Waals surface area contributed by atoms with E-state index in [1.807, 2.05) is 24.3 Å². The molecule has 0 aliphatic heterocycles. The highest BCUT2D eigenvalue weighted by Crippen LogP contribution is 2.14. The van der Waals surface area contributed by atoms with Crippen molar-refractivity contribution in [2.45, 2.75) is 19.8 Å². The van der Waals surface area contributed by atoms with Gasteiger partial charge in [0, 0.05) is 12.6 Å². The minimum Gasteiger partial charge on any atom is -0.288 e. The zero-order valence-corrected chi connectivity index (χ0v) is 8.79. The fourth-order valence-corrected chi connectivity index (χ4v) is 1.21. The molecule has 2 N–H and O–H groups in total. The predicted molar refractivity (Wildman–Crippen MR) is 57.1 cm³/mol. The lowest BCUT2D eigenvalue weighted by molar-refractivity contribution is 0.0938. The first-order chi connectivity index (χ1) is 6.65. The third kappa shape index (κ3) is 2.57. The molecule has 0 atom stereocenters. The van der Waals surface area contributed by atoms with Crippen LogP contribution in [0.3, 0.4) is 0 Å². The Hall–Kier alpha value is -1.35. The molecule has 0 saturated carbocycles. The van der Waals surface area contributed by atoms with E-state index in [-0.39, 0.29) is 5.91 Å². The zero-order valence-electron chi connectivity index (χ0n) is 8.79. The Labute approximate surface area is 84.5 Å². The second-order valence-electron chi connectivity index (χ2n) is 3.48. The van der Waals surface area contributed by atoms with Gasteiger partial charge in [0.25, 0.3) is 5.91 Å². The second kappa shape index (κ2) is 4.77. The molecule has 0 saturated heterocycles. The van der Waals surface area contributed by atoms with Gasteiger partial charge in [0.2, 0.25) is 0 Å². The van der Waals surface area contributed by atoms with Gasteiger partial charge in [-0.2, -0.15) is 0 Å². The number of carbonyl (C=O) groups is 1. The van der Waals surface area contributed by atoms with Crippen LogP contribution in [-0.2, 0) is 0 Å². The van der Waals surface area contributed by atoms with Gasteiger partial charge >= 0.3 is 0 Å². The predicted octanol–water partition coefficient (Wildman–Crippen LogP) is 1.67. The summed E-state index contributed by atoms with van der Waals surface area (Å²) in [7, 11) is 1.67. The van der Waals surface area contributed by atoms with E-state index < -0.39 is 0 Å². The highest BCUT2D eigenvalue weighted by atomic mass is 16.2. The van der Waals surface area contributed by atoms with Gasteiger partial charge in [-0.05, 0) is 23.6 Å². The molecule has 0 aromatic heterocycles. The molecule has 1 aromatic carbocycles. The number of hydrogen-bond acceptors (Lipinski definition) is 2. The van der Waals surface area contributed by atoms with Crippen LogP contribution in [0.4, 0.5) is 0 Å². The number of carbonyl (C=O) groups excluding carboxylic acids is 1. The summed E-state index contributed by atoms with van der Waals surface area (Å²) in [5.74, 6) is 0.388. The van der Waals surface area contributed by atoms with Crippen LogP contribution in [0.1, 0.15) is 35.7 Å². The molecule has 1 rings (SSSR count). The van der Waals surface area contributed by atoms with E-state index in [2.05, 4.69) is 24.7 Å². The lowest BCUT2D eigenvalue weighted by Gasteiger charge is -2.06. The van der Waals surface area contributed by atoms with E-state index >= 15 is 0 Å². The summed E-state index contributed by atoms with van der Waals surface area (Å²) in [6.45, 7) is 4.26. The van der Waals surface area contributed by atoms with E-state index in [1.54, 1.807) is 7.05 Å². The SMILES string of the molecule is CNNC(=O)c1ccc(C(C)C)cc1. The summed E-state index contributed by atoms with van der Waals surface area (Å²) in [5, 5.41) is 0. The molecule has 0 aliphatic carbocycles. The molecular weight excluding hydrogens is 176 g/mol. The minimum atomic E-state index is -0.109.